The average molecular weight is 359 g/mol. The molecule has 0 aliphatic rings. The van der Waals surface area contributed by atoms with E-state index in [0.717, 1.165) is 11.1 Å². The van der Waals surface area contributed by atoms with Gasteiger partial charge >= 0.3 is 0 Å². The quantitative estimate of drug-likeness (QED) is 0.582. The van der Waals surface area contributed by atoms with E-state index in [1.165, 1.54) is 0 Å². The van der Waals surface area contributed by atoms with Gasteiger partial charge in [0.25, 0.3) is 5.91 Å². The zero-order chi connectivity index (χ0) is 18.8. The Morgan fingerprint density at radius 3 is 2.81 bits per heavy atom. The summed E-state index contributed by atoms with van der Waals surface area (Å²) in [5.41, 5.74) is 4.05. The largest absolute Gasteiger partial charge is 0.496 e. The van der Waals surface area contributed by atoms with Crippen LogP contribution >= 0.6 is 0 Å². The molecule has 0 aliphatic carbocycles. The van der Waals surface area contributed by atoms with E-state index in [2.05, 4.69) is 15.3 Å². The first-order valence-corrected chi connectivity index (χ1v) is 8.42. The van der Waals surface area contributed by atoms with Crippen LogP contribution in [0.3, 0.4) is 0 Å². The van der Waals surface area contributed by atoms with Gasteiger partial charge in [-0.15, -0.1) is 0 Å². The summed E-state index contributed by atoms with van der Waals surface area (Å²) in [5, 5.41) is 2.89. The van der Waals surface area contributed by atoms with Crippen LogP contribution in [0.1, 0.15) is 15.9 Å². The molecule has 0 atom stereocenters. The van der Waals surface area contributed by atoms with E-state index in [-0.39, 0.29) is 5.91 Å². The highest BCUT2D eigenvalue weighted by Gasteiger charge is 2.14. The van der Waals surface area contributed by atoms with Crippen molar-refractivity contribution >= 4 is 22.8 Å². The topological polar surface area (TPSA) is 77.2 Å². The van der Waals surface area contributed by atoms with Crippen LogP contribution in [0.25, 0.3) is 22.7 Å². The fourth-order valence-corrected chi connectivity index (χ4v) is 2.81. The van der Waals surface area contributed by atoms with Crippen molar-refractivity contribution in [1.29, 1.82) is 0 Å². The Balaban J connectivity index is 1.62. The second kappa shape index (κ2) is 6.92. The maximum absolute atomic E-state index is 12.7. The van der Waals surface area contributed by atoms with Crippen molar-refractivity contribution in [3.8, 4) is 17.2 Å². The number of fused-ring (bicyclic) bond motifs is 1. The molecule has 0 unspecified atom stereocenters. The second-order valence-corrected chi connectivity index (χ2v) is 6.08. The van der Waals surface area contributed by atoms with Crippen LogP contribution in [0, 0.1) is 6.92 Å². The van der Waals surface area contributed by atoms with Crippen LogP contribution in [0.5, 0.6) is 5.75 Å². The summed E-state index contributed by atoms with van der Waals surface area (Å²) < 4.78 is 11.1. The number of carbonyl (C=O) groups is 1. The van der Waals surface area contributed by atoms with Crippen molar-refractivity contribution in [1.82, 2.24) is 9.97 Å². The Labute approximate surface area is 155 Å². The van der Waals surface area contributed by atoms with Crippen molar-refractivity contribution in [3.63, 3.8) is 0 Å². The molecule has 6 nitrogen and oxygen atoms in total. The number of nitrogens with zero attached hydrogens (tertiary/aromatic N) is 2. The highest BCUT2D eigenvalue weighted by Crippen LogP contribution is 2.26. The monoisotopic (exact) mass is 359 g/mol. The number of rotatable bonds is 4. The number of amides is 1. The Bertz CT molecular complexity index is 1100. The zero-order valence-electron chi connectivity index (χ0n) is 14.9. The van der Waals surface area contributed by atoms with Gasteiger partial charge in [0.05, 0.1) is 12.7 Å². The second-order valence-electron chi connectivity index (χ2n) is 6.08. The fourth-order valence-electron chi connectivity index (χ4n) is 2.81. The van der Waals surface area contributed by atoms with Crippen LogP contribution in [-0.2, 0) is 0 Å². The first-order chi connectivity index (χ1) is 13.1. The number of hydrogen-bond donors (Lipinski definition) is 1. The van der Waals surface area contributed by atoms with E-state index in [9.17, 15) is 4.79 Å². The minimum Gasteiger partial charge on any atom is -0.496 e. The molecule has 134 valence electrons. The normalized spacial score (nSPS) is 10.7. The molecule has 0 radical (unpaired) electrons. The average Bonchev–Trinajstić information content (AvgIpc) is 3.12. The van der Waals surface area contributed by atoms with Gasteiger partial charge in [-0.2, -0.15) is 4.98 Å². The predicted octanol–water partition coefficient (Wildman–Crippen LogP) is 4.46. The lowest BCUT2D eigenvalue weighted by molar-refractivity contribution is 0.102. The zero-order valence-corrected chi connectivity index (χ0v) is 14.9. The molecule has 1 N–H and O–H groups in total. The van der Waals surface area contributed by atoms with Gasteiger partial charge < -0.3 is 14.5 Å². The molecular weight excluding hydrogens is 342 g/mol. The number of anilines is 1. The molecule has 0 aliphatic heterocycles. The molecule has 2 aromatic heterocycles. The molecule has 0 fully saturated rings. The van der Waals surface area contributed by atoms with Crippen LogP contribution < -0.4 is 10.1 Å². The van der Waals surface area contributed by atoms with Crippen molar-refractivity contribution in [3.05, 3.63) is 71.9 Å². The van der Waals surface area contributed by atoms with E-state index in [1.54, 1.807) is 25.4 Å². The smallest absolute Gasteiger partial charge is 0.259 e. The lowest BCUT2D eigenvalue weighted by Gasteiger charge is -2.10. The molecule has 27 heavy (non-hydrogen) atoms. The summed E-state index contributed by atoms with van der Waals surface area (Å²) >= 11 is 0. The van der Waals surface area contributed by atoms with E-state index in [0.29, 0.717) is 34.1 Å². The van der Waals surface area contributed by atoms with Gasteiger partial charge in [-0.3, -0.25) is 4.79 Å². The number of aromatic nitrogens is 2. The number of pyridine rings is 1. The van der Waals surface area contributed by atoms with Crippen LogP contribution in [0.2, 0.25) is 0 Å². The molecule has 0 bridgehead atoms. The number of aryl methyl sites for hydroxylation is 1. The number of oxazole rings is 1. The van der Waals surface area contributed by atoms with E-state index < -0.39 is 0 Å². The van der Waals surface area contributed by atoms with Gasteiger partial charge in [-0.1, -0.05) is 12.1 Å². The number of methoxy groups -OCH3 is 1. The number of ether oxygens (including phenoxy) is 1. The van der Waals surface area contributed by atoms with Gasteiger partial charge in [0.15, 0.2) is 11.2 Å². The molecule has 0 saturated heterocycles. The van der Waals surface area contributed by atoms with Crippen molar-refractivity contribution in [2.24, 2.45) is 0 Å². The van der Waals surface area contributed by atoms with Gasteiger partial charge in [0.2, 0.25) is 5.89 Å². The minimum atomic E-state index is -0.247. The van der Waals surface area contributed by atoms with Crippen LogP contribution in [0.4, 0.5) is 5.69 Å². The van der Waals surface area contributed by atoms with Gasteiger partial charge in [-0.25, -0.2) is 4.98 Å². The highest BCUT2D eigenvalue weighted by molar-refractivity contribution is 6.06. The Hall–Kier alpha value is -3.67. The van der Waals surface area contributed by atoms with E-state index in [4.69, 9.17) is 9.15 Å². The van der Waals surface area contributed by atoms with Gasteiger partial charge in [0, 0.05) is 17.4 Å². The summed E-state index contributed by atoms with van der Waals surface area (Å²) in [6.45, 7) is 1.95. The fraction of sp³-hybridized carbons (Fsp3) is 0.0952. The highest BCUT2D eigenvalue weighted by atomic mass is 16.5. The Morgan fingerprint density at radius 1 is 1.11 bits per heavy atom. The maximum Gasteiger partial charge on any atom is 0.259 e. The van der Waals surface area contributed by atoms with Crippen molar-refractivity contribution < 1.29 is 13.9 Å². The summed E-state index contributed by atoms with van der Waals surface area (Å²) in [7, 11) is 1.55. The number of carbonyl (C=O) groups excluding carboxylic acids is 1. The van der Waals surface area contributed by atoms with Gasteiger partial charge in [0.1, 0.15) is 5.75 Å². The summed E-state index contributed by atoms with van der Waals surface area (Å²) in [4.78, 5) is 21.2. The van der Waals surface area contributed by atoms with Gasteiger partial charge in [-0.05, 0) is 55.0 Å². The summed E-state index contributed by atoms with van der Waals surface area (Å²) in [6.07, 6.45) is 1.67. The molecule has 6 heteroatoms. The number of hydrogen-bond acceptors (Lipinski definition) is 5. The maximum atomic E-state index is 12.7. The van der Waals surface area contributed by atoms with Crippen molar-refractivity contribution in [2.45, 2.75) is 6.92 Å². The third kappa shape index (κ3) is 3.37. The molecule has 0 saturated carbocycles. The minimum absolute atomic E-state index is 0.247. The molecule has 2 aromatic carbocycles. The predicted molar refractivity (Wildman–Crippen MR) is 103 cm³/mol. The molecule has 4 aromatic rings. The molecule has 2 heterocycles. The Kier molecular flexibility index (Phi) is 4.30. The van der Waals surface area contributed by atoms with Crippen LogP contribution in [0.15, 0.2) is 65.2 Å². The van der Waals surface area contributed by atoms with Crippen molar-refractivity contribution in [2.75, 3.05) is 12.4 Å². The standard InChI is InChI=1S/C21H17N3O3/c1-13-8-9-16(18(11-13)26-2)20(25)23-15-6-3-5-14(12-15)21-24-19-17(27-21)7-4-10-22-19/h3-12H,1-2H3,(H,23,25). The SMILES string of the molecule is COc1cc(C)ccc1C(=O)Nc1cccc(-c2nc3ncccc3o2)c1. The third-order valence-electron chi connectivity index (χ3n) is 4.13. The Morgan fingerprint density at radius 2 is 2.00 bits per heavy atom. The molecular formula is C21H17N3O3. The third-order valence-corrected chi connectivity index (χ3v) is 4.13. The first-order valence-electron chi connectivity index (χ1n) is 8.42. The lowest BCUT2D eigenvalue weighted by atomic mass is 10.1. The molecule has 0 spiro atoms. The van der Waals surface area contributed by atoms with Crippen LogP contribution in [-0.4, -0.2) is 23.0 Å². The molecule has 4 rings (SSSR count). The van der Waals surface area contributed by atoms with E-state index >= 15 is 0 Å². The number of benzene rings is 2. The van der Waals surface area contributed by atoms with E-state index in [1.807, 2.05) is 49.4 Å². The molecule has 1 amide bonds. The first kappa shape index (κ1) is 16.8. The summed E-state index contributed by atoms with van der Waals surface area (Å²) in [6, 6.07) is 16.4. The lowest BCUT2D eigenvalue weighted by Crippen LogP contribution is -2.13. The number of nitrogens with one attached hydrogen (secondary N) is 1. The summed E-state index contributed by atoms with van der Waals surface area (Å²) in [5.74, 6) is 0.740.